The van der Waals surface area contributed by atoms with Gasteiger partial charge >= 0.3 is 0 Å². The van der Waals surface area contributed by atoms with Gasteiger partial charge in [0.05, 0.1) is 10.5 Å². The van der Waals surface area contributed by atoms with Crippen LogP contribution in [-0.2, 0) is 9.59 Å². The van der Waals surface area contributed by atoms with Crippen molar-refractivity contribution in [3.05, 3.63) is 39.4 Å². The van der Waals surface area contributed by atoms with E-state index in [1.165, 1.54) is 12.1 Å². The lowest BCUT2D eigenvalue weighted by Crippen LogP contribution is -2.61. The molecule has 0 saturated carbocycles. The number of hydrogen-bond acceptors (Lipinski definition) is 6. The lowest BCUT2D eigenvalue weighted by Gasteiger charge is -2.35. The summed E-state index contributed by atoms with van der Waals surface area (Å²) < 4.78 is 0. The fourth-order valence-corrected chi connectivity index (χ4v) is 2.93. The summed E-state index contributed by atoms with van der Waals surface area (Å²) in [6, 6.07) is 3.59. The highest BCUT2D eigenvalue weighted by Crippen LogP contribution is 2.39. The lowest BCUT2D eigenvalue weighted by atomic mass is 10.0. The van der Waals surface area contributed by atoms with Crippen LogP contribution in [-0.4, -0.2) is 38.5 Å². The Morgan fingerprint density at radius 3 is 2.52 bits per heavy atom. The van der Waals surface area contributed by atoms with Crippen molar-refractivity contribution in [3.8, 4) is 0 Å². The van der Waals surface area contributed by atoms with Crippen LogP contribution in [0.3, 0.4) is 0 Å². The van der Waals surface area contributed by atoms with E-state index in [1.807, 2.05) is 5.32 Å². The van der Waals surface area contributed by atoms with Crippen molar-refractivity contribution in [3.63, 3.8) is 0 Å². The molecular formula is C13H8ClN3O6. The normalized spacial score (nSPS) is 23.8. The number of halogens is 1. The number of piperidine rings is 1. The topological polar surface area (TPSA) is 127 Å². The van der Waals surface area contributed by atoms with Crippen LogP contribution >= 0.6 is 11.6 Å². The summed E-state index contributed by atoms with van der Waals surface area (Å²) in [5.41, 5.74) is -1.16. The minimum absolute atomic E-state index is 0.162. The molecule has 1 saturated heterocycles. The van der Waals surface area contributed by atoms with E-state index in [0.717, 1.165) is 6.07 Å². The van der Waals surface area contributed by atoms with Gasteiger partial charge in [0.1, 0.15) is 5.56 Å². The highest BCUT2D eigenvalue weighted by atomic mass is 35.5. The standard InChI is InChI=1S/C13H8ClN3O6/c14-13(5-4-8(18)15-12(13)21)16-10(19)6-2-1-3-7(17(22)23)9(6)11(16)20/h1-3H,4-5H2,(H,15,18,21)/t13-/m0/s1. The molecule has 2 heterocycles. The molecule has 1 fully saturated rings. The molecule has 23 heavy (non-hydrogen) atoms. The molecule has 0 spiro atoms. The van der Waals surface area contributed by atoms with Crippen molar-refractivity contribution in [1.82, 2.24) is 10.2 Å². The predicted octanol–water partition coefficient (Wildman–Crippen LogP) is 0.562. The van der Waals surface area contributed by atoms with Crippen molar-refractivity contribution in [2.75, 3.05) is 0 Å². The third kappa shape index (κ3) is 2.00. The number of nitro benzene ring substituents is 1. The Hall–Kier alpha value is -2.81. The van der Waals surface area contributed by atoms with Gasteiger partial charge in [0.2, 0.25) is 10.9 Å². The maximum absolute atomic E-state index is 12.5. The zero-order chi connectivity index (χ0) is 16.9. The first kappa shape index (κ1) is 15.1. The fourth-order valence-electron chi connectivity index (χ4n) is 2.63. The Labute approximate surface area is 133 Å². The van der Waals surface area contributed by atoms with Gasteiger partial charge in [0.15, 0.2) is 0 Å². The van der Waals surface area contributed by atoms with Crippen LogP contribution in [0.5, 0.6) is 0 Å². The number of nitrogens with one attached hydrogen (secondary N) is 1. The first-order valence-electron chi connectivity index (χ1n) is 6.47. The Morgan fingerprint density at radius 2 is 1.91 bits per heavy atom. The number of nitro groups is 1. The summed E-state index contributed by atoms with van der Waals surface area (Å²) >= 11 is 6.16. The van der Waals surface area contributed by atoms with E-state index >= 15 is 0 Å². The van der Waals surface area contributed by atoms with Gasteiger partial charge in [0, 0.05) is 18.9 Å². The number of amides is 4. The zero-order valence-electron chi connectivity index (χ0n) is 11.4. The van der Waals surface area contributed by atoms with E-state index in [2.05, 4.69) is 0 Å². The number of hydrogen-bond donors (Lipinski definition) is 1. The van der Waals surface area contributed by atoms with Gasteiger partial charge in [-0.3, -0.25) is 34.6 Å². The second-order valence-electron chi connectivity index (χ2n) is 5.04. The van der Waals surface area contributed by atoms with Gasteiger partial charge in [-0.1, -0.05) is 17.7 Å². The van der Waals surface area contributed by atoms with Crippen molar-refractivity contribution >= 4 is 40.9 Å². The van der Waals surface area contributed by atoms with Crippen LogP contribution in [0.1, 0.15) is 33.6 Å². The number of fused-ring (bicyclic) bond motifs is 1. The molecule has 0 aromatic heterocycles. The molecule has 0 bridgehead atoms. The maximum atomic E-state index is 12.5. The Balaban J connectivity index is 2.11. The van der Waals surface area contributed by atoms with Crippen molar-refractivity contribution in [2.24, 2.45) is 0 Å². The van der Waals surface area contributed by atoms with E-state index < -0.39 is 44.8 Å². The van der Waals surface area contributed by atoms with Gasteiger partial charge in [-0.05, 0) is 6.07 Å². The SMILES string of the molecule is O=C1CC[C@](Cl)(N2C(=O)c3cccc([N+](=O)[O-])c3C2=O)C(=O)N1. The Morgan fingerprint density at radius 1 is 1.22 bits per heavy atom. The number of benzene rings is 1. The van der Waals surface area contributed by atoms with Crippen molar-refractivity contribution in [2.45, 2.75) is 17.8 Å². The fraction of sp³-hybridized carbons (Fsp3) is 0.231. The van der Waals surface area contributed by atoms with Gasteiger partial charge in [-0.2, -0.15) is 0 Å². The molecule has 0 aliphatic carbocycles. The van der Waals surface area contributed by atoms with Gasteiger partial charge in [-0.25, -0.2) is 4.90 Å². The Kier molecular flexibility index (Phi) is 3.18. The molecule has 1 atom stereocenters. The largest absolute Gasteiger partial charge is 0.293 e. The first-order chi connectivity index (χ1) is 10.8. The minimum atomic E-state index is -2.09. The third-order valence-corrected chi connectivity index (χ3v) is 4.26. The third-order valence-electron chi connectivity index (χ3n) is 3.73. The summed E-state index contributed by atoms with van der Waals surface area (Å²) in [5, 5.41) is 13.0. The summed E-state index contributed by atoms with van der Waals surface area (Å²) in [5.74, 6) is -3.52. The predicted molar refractivity (Wildman–Crippen MR) is 74.6 cm³/mol. The van der Waals surface area contributed by atoms with Crippen LogP contribution in [0.2, 0.25) is 0 Å². The summed E-state index contributed by atoms with van der Waals surface area (Å²) in [6.45, 7) is 0. The van der Waals surface area contributed by atoms with Crippen LogP contribution in [0.4, 0.5) is 5.69 Å². The number of alkyl halides is 1. The van der Waals surface area contributed by atoms with Crippen LogP contribution in [0, 0.1) is 10.1 Å². The van der Waals surface area contributed by atoms with E-state index in [9.17, 15) is 29.3 Å². The van der Waals surface area contributed by atoms with E-state index in [-0.39, 0.29) is 18.4 Å². The molecule has 9 nitrogen and oxygen atoms in total. The Bertz CT molecular complexity index is 807. The highest BCUT2D eigenvalue weighted by molar-refractivity contribution is 6.41. The number of rotatable bonds is 2. The zero-order valence-corrected chi connectivity index (χ0v) is 12.1. The second-order valence-corrected chi connectivity index (χ2v) is 5.66. The van der Waals surface area contributed by atoms with Crippen molar-refractivity contribution in [1.29, 1.82) is 0 Å². The summed E-state index contributed by atoms with van der Waals surface area (Å²) in [7, 11) is 0. The summed E-state index contributed by atoms with van der Waals surface area (Å²) in [4.78, 5) is 56.9. The monoisotopic (exact) mass is 337 g/mol. The van der Waals surface area contributed by atoms with E-state index in [0.29, 0.717) is 4.90 Å². The molecular weight excluding hydrogens is 330 g/mol. The van der Waals surface area contributed by atoms with Gasteiger partial charge < -0.3 is 0 Å². The van der Waals surface area contributed by atoms with Crippen LogP contribution in [0.25, 0.3) is 0 Å². The molecule has 4 amide bonds. The average Bonchev–Trinajstić information content (AvgIpc) is 2.76. The number of nitrogens with zero attached hydrogens (tertiary/aromatic N) is 2. The summed E-state index contributed by atoms with van der Waals surface area (Å²) in [6.07, 6.45) is -0.427. The number of carbonyl (C=O) groups excluding carboxylic acids is 4. The highest BCUT2D eigenvalue weighted by Gasteiger charge is 2.56. The molecule has 1 aromatic carbocycles. The average molecular weight is 338 g/mol. The van der Waals surface area contributed by atoms with Crippen molar-refractivity contribution < 1.29 is 24.1 Å². The molecule has 118 valence electrons. The first-order valence-corrected chi connectivity index (χ1v) is 6.84. The second kappa shape index (κ2) is 4.85. The molecule has 2 aliphatic heterocycles. The molecule has 1 N–H and O–H groups in total. The molecule has 1 aromatic rings. The molecule has 2 aliphatic rings. The van der Waals surface area contributed by atoms with E-state index in [4.69, 9.17) is 11.6 Å². The number of carbonyl (C=O) groups is 4. The van der Waals surface area contributed by atoms with Gasteiger partial charge in [-0.15, -0.1) is 0 Å². The lowest BCUT2D eigenvalue weighted by molar-refractivity contribution is -0.385. The van der Waals surface area contributed by atoms with Crippen LogP contribution in [0.15, 0.2) is 18.2 Å². The quantitative estimate of drug-likeness (QED) is 0.276. The minimum Gasteiger partial charge on any atom is -0.293 e. The molecule has 3 rings (SSSR count). The van der Waals surface area contributed by atoms with Gasteiger partial charge in [0.25, 0.3) is 23.4 Å². The molecule has 10 heteroatoms. The maximum Gasteiger partial charge on any atom is 0.282 e. The van der Waals surface area contributed by atoms with Crippen LogP contribution < -0.4 is 5.32 Å². The molecule has 0 unspecified atom stereocenters. The number of imide groups is 2. The van der Waals surface area contributed by atoms with E-state index in [1.54, 1.807) is 0 Å². The molecule has 0 radical (unpaired) electrons. The smallest absolute Gasteiger partial charge is 0.282 e.